The number of ether oxygens (including phenoxy) is 1. The maximum absolute atomic E-state index is 14.7. The number of nitrogens with one attached hydrogen (secondary N) is 2. The van der Waals surface area contributed by atoms with Crippen molar-refractivity contribution in [3.8, 4) is 16.3 Å². The third-order valence-electron chi connectivity index (χ3n) is 6.97. The molecule has 2 aromatic carbocycles. The van der Waals surface area contributed by atoms with Crippen molar-refractivity contribution < 1.29 is 40.3 Å². The van der Waals surface area contributed by atoms with Crippen LogP contribution < -0.4 is 15.4 Å². The number of anilines is 1. The molecule has 2 N–H and O–H groups in total. The van der Waals surface area contributed by atoms with E-state index in [1.165, 1.54) is 36.8 Å². The predicted molar refractivity (Wildman–Crippen MR) is 138 cm³/mol. The van der Waals surface area contributed by atoms with Crippen LogP contribution in [-0.2, 0) is 14.6 Å². The van der Waals surface area contributed by atoms with Gasteiger partial charge in [0.25, 0.3) is 15.7 Å². The summed E-state index contributed by atoms with van der Waals surface area (Å²) in [6.07, 6.45) is 5.76. The van der Waals surface area contributed by atoms with Crippen molar-refractivity contribution in [3.05, 3.63) is 71.5 Å². The van der Waals surface area contributed by atoms with Crippen molar-refractivity contribution in [1.29, 1.82) is 0 Å². The van der Waals surface area contributed by atoms with Gasteiger partial charge in [0.1, 0.15) is 16.6 Å². The van der Waals surface area contributed by atoms with Crippen molar-refractivity contribution in [2.75, 3.05) is 12.4 Å². The monoisotopic (exact) mass is 595 g/mol. The van der Waals surface area contributed by atoms with Crippen LogP contribution in [0, 0.1) is 23.6 Å². The number of aromatic nitrogens is 1. The lowest BCUT2D eigenvalue weighted by Gasteiger charge is -2.28. The van der Waals surface area contributed by atoms with Gasteiger partial charge in [0.05, 0.1) is 23.5 Å². The second kappa shape index (κ2) is 10.3. The molecule has 3 aromatic rings. The van der Waals surface area contributed by atoms with Crippen LogP contribution in [0.2, 0.25) is 0 Å². The van der Waals surface area contributed by atoms with Crippen LogP contribution in [0.3, 0.4) is 0 Å². The second-order valence-corrected chi connectivity index (χ2v) is 12.1. The number of allylic oxidation sites excluding steroid dienone is 1. The number of carbonyl (C=O) groups is 2. The standard InChI is InChI=1S/C26H21F4N3O5S2/c1-38-20-12-19(27)17(25-31-7-8-39-25)11-18(20)23(34)33-22-14-6-5-13(9-14)21(22)24(35)32-15-3-2-4-16(10-15)40(36,37)26(28,29)30/h2-8,10-14,21-22H,9H2,1H3,(H,32,35)(H,33,34)/t13-,14+,21+,22-/m1/s1. The second-order valence-electron chi connectivity index (χ2n) is 9.31. The molecule has 2 aliphatic carbocycles. The van der Waals surface area contributed by atoms with Crippen molar-refractivity contribution in [2.24, 2.45) is 17.8 Å². The molecule has 1 aromatic heterocycles. The first-order valence-electron chi connectivity index (χ1n) is 11.9. The first-order chi connectivity index (χ1) is 18.9. The summed E-state index contributed by atoms with van der Waals surface area (Å²) >= 11 is 1.19. The number of halogens is 4. The molecular formula is C26H21F4N3O5S2. The Kier molecular flexibility index (Phi) is 7.17. The Bertz CT molecular complexity index is 1610. The normalized spacial score (nSPS) is 21.8. The molecule has 0 unspecified atom stereocenters. The zero-order chi connectivity index (χ0) is 28.8. The van der Waals surface area contributed by atoms with E-state index in [1.54, 1.807) is 5.38 Å². The fourth-order valence-corrected chi connectivity index (χ4v) is 6.59. The van der Waals surface area contributed by atoms with Gasteiger partial charge in [-0.25, -0.2) is 17.8 Å². The number of nitrogens with zero attached hydrogens (tertiary/aromatic N) is 1. The molecule has 0 aliphatic heterocycles. The summed E-state index contributed by atoms with van der Waals surface area (Å²) in [4.78, 5) is 29.8. The molecule has 0 radical (unpaired) electrons. The Morgan fingerprint density at radius 1 is 1.12 bits per heavy atom. The highest BCUT2D eigenvalue weighted by Crippen LogP contribution is 2.45. The first-order valence-corrected chi connectivity index (χ1v) is 14.3. The van der Waals surface area contributed by atoms with Gasteiger partial charge in [-0.1, -0.05) is 18.2 Å². The Hall–Kier alpha value is -3.78. The Labute approximate surface area is 230 Å². The van der Waals surface area contributed by atoms with Gasteiger partial charge in [-0.2, -0.15) is 13.2 Å². The highest BCUT2D eigenvalue weighted by molar-refractivity contribution is 7.92. The van der Waals surface area contributed by atoms with Gasteiger partial charge in [0.15, 0.2) is 0 Å². The van der Waals surface area contributed by atoms with Crippen LogP contribution in [0.25, 0.3) is 10.6 Å². The SMILES string of the molecule is COc1cc(F)c(-c2nccs2)cc1C(=O)N[C@H]1[C@@H](C(=O)Nc2cccc(S(=O)(=O)C(F)(F)F)c2)[C@@H]2C=C[C@H]1C2. The number of thiazole rings is 1. The van der Waals surface area contributed by atoms with Gasteiger partial charge in [0, 0.05) is 34.9 Å². The number of sulfone groups is 1. The van der Waals surface area contributed by atoms with Gasteiger partial charge in [0.2, 0.25) is 5.91 Å². The molecule has 40 heavy (non-hydrogen) atoms. The molecule has 5 rings (SSSR count). The minimum Gasteiger partial charge on any atom is -0.496 e. The molecule has 1 saturated carbocycles. The van der Waals surface area contributed by atoms with E-state index in [-0.39, 0.29) is 34.4 Å². The fraction of sp³-hybridized carbons (Fsp3) is 0.269. The summed E-state index contributed by atoms with van der Waals surface area (Å²) in [6, 6.07) is 5.61. The van der Waals surface area contributed by atoms with Gasteiger partial charge >= 0.3 is 5.51 Å². The van der Waals surface area contributed by atoms with Crippen molar-refractivity contribution >= 4 is 38.7 Å². The zero-order valence-corrected chi connectivity index (χ0v) is 22.2. The van der Waals surface area contributed by atoms with Crippen LogP contribution >= 0.6 is 11.3 Å². The van der Waals surface area contributed by atoms with E-state index < -0.39 is 49.8 Å². The van der Waals surface area contributed by atoms with E-state index in [2.05, 4.69) is 15.6 Å². The topological polar surface area (TPSA) is 114 Å². The fourth-order valence-electron chi connectivity index (χ4n) is 5.13. The smallest absolute Gasteiger partial charge is 0.496 e. The van der Waals surface area contributed by atoms with E-state index in [1.807, 2.05) is 12.2 Å². The maximum Gasteiger partial charge on any atom is 0.501 e. The number of fused-ring (bicyclic) bond motifs is 2. The zero-order valence-electron chi connectivity index (χ0n) is 20.6. The molecule has 2 aliphatic rings. The van der Waals surface area contributed by atoms with Crippen molar-refractivity contribution in [2.45, 2.75) is 22.9 Å². The molecule has 0 spiro atoms. The molecule has 2 bridgehead atoms. The number of benzene rings is 2. The Morgan fingerprint density at radius 3 is 2.55 bits per heavy atom. The van der Waals surface area contributed by atoms with Gasteiger partial charge < -0.3 is 15.4 Å². The predicted octanol–water partition coefficient (Wildman–Crippen LogP) is 4.81. The largest absolute Gasteiger partial charge is 0.501 e. The lowest BCUT2D eigenvalue weighted by Crippen LogP contribution is -2.47. The molecule has 1 heterocycles. The molecule has 1 fully saturated rings. The van der Waals surface area contributed by atoms with E-state index in [0.717, 1.165) is 24.3 Å². The van der Waals surface area contributed by atoms with Crippen LogP contribution in [-0.4, -0.2) is 43.9 Å². The maximum atomic E-state index is 14.7. The van der Waals surface area contributed by atoms with E-state index in [4.69, 9.17) is 4.74 Å². The lowest BCUT2D eigenvalue weighted by molar-refractivity contribution is -0.121. The number of hydrogen-bond donors (Lipinski definition) is 2. The molecule has 4 atom stereocenters. The van der Waals surface area contributed by atoms with E-state index >= 15 is 0 Å². The molecule has 14 heteroatoms. The summed E-state index contributed by atoms with van der Waals surface area (Å²) in [5, 5.41) is 7.38. The number of rotatable bonds is 7. The molecule has 0 saturated heterocycles. The Balaban J connectivity index is 1.39. The Morgan fingerprint density at radius 2 is 1.88 bits per heavy atom. The van der Waals surface area contributed by atoms with Gasteiger partial charge in [-0.3, -0.25) is 9.59 Å². The van der Waals surface area contributed by atoms with Gasteiger partial charge in [-0.05, 0) is 42.5 Å². The van der Waals surface area contributed by atoms with Gasteiger partial charge in [-0.15, -0.1) is 11.3 Å². The molecule has 210 valence electrons. The van der Waals surface area contributed by atoms with E-state index in [0.29, 0.717) is 11.4 Å². The highest BCUT2D eigenvalue weighted by Gasteiger charge is 2.49. The minimum atomic E-state index is -5.61. The van der Waals surface area contributed by atoms with Crippen LogP contribution in [0.5, 0.6) is 5.75 Å². The molecular weight excluding hydrogens is 574 g/mol. The first kappa shape index (κ1) is 27.8. The lowest BCUT2D eigenvalue weighted by atomic mass is 9.87. The summed E-state index contributed by atoms with van der Waals surface area (Å²) in [6.45, 7) is 0. The quantitative estimate of drug-likeness (QED) is 0.299. The van der Waals surface area contributed by atoms with Crippen molar-refractivity contribution in [1.82, 2.24) is 10.3 Å². The number of alkyl halides is 3. The summed E-state index contributed by atoms with van der Waals surface area (Å²) in [5.41, 5.74) is -5.50. The summed E-state index contributed by atoms with van der Waals surface area (Å²) in [7, 11) is -4.32. The average molecular weight is 596 g/mol. The van der Waals surface area contributed by atoms with Crippen LogP contribution in [0.4, 0.5) is 23.2 Å². The minimum absolute atomic E-state index is 0.0160. The van der Waals surface area contributed by atoms with Crippen molar-refractivity contribution in [3.63, 3.8) is 0 Å². The molecule has 8 nitrogen and oxygen atoms in total. The number of methoxy groups -OCH3 is 1. The highest BCUT2D eigenvalue weighted by atomic mass is 32.2. The average Bonchev–Trinajstić information content (AvgIpc) is 3.66. The molecule has 2 amide bonds. The summed E-state index contributed by atoms with van der Waals surface area (Å²) < 4.78 is 82.5. The van der Waals surface area contributed by atoms with Crippen LogP contribution in [0.1, 0.15) is 16.8 Å². The summed E-state index contributed by atoms with van der Waals surface area (Å²) in [5.74, 6) is -3.12. The third-order valence-corrected chi connectivity index (χ3v) is 9.26. The third kappa shape index (κ3) is 4.96. The van der Waals surface area contributed by atoms with E-state index in [9.17, 15) is 35.6 Å². The number of amides is 2. The number of carbonyl (C=O) groups excluding carboxylic acids is 2. The number of hydrogen-bond acceptors (Lipinski definition) is 7. The van der Waals surface area contributed by atoms with Crippen LogP contribution in [0.15, 0.2) is 65.0 Å².